The van der Waals surface area contributed by atoms with Gasteiger partial charge in [0.25, 0.3) is 0 Å². The number of anilines is 1. The number of amides is 1. The van der Waals surface area contributed by atoms with Gasteiger partial charge >= 0.3 is 18.4 Å². The van der Waals surface area contributed by atoms with Crippen LogP contribution in [0, 0.1) is 0 Å². The number of ether oxygens (including phenoxy) is 1. The van der Waals surface area contributed by atoms with Crippen LogP contribution >= 0.6 is 0 Å². The monoisotopic (exact) mass is 546 g/mol. The first-order chi connectivity index (χ1) is 16.5. The highest BCUT2D eigenvalue weighted by molar-refractivity contribution is 7.88. The SMILES string of the molecule is CC(OC(=O)N1CCN(Cc2c(N3CC[C@@H](NS(C)(=O)=O)C3)cccc2C(F)(F)F)CC1)C(F)(F)F. The molecule has 0 saturated carbocycles. The Morgan fingerprint density at radius 2 is 1.75 bits per heavy atom. The van der Waals surface area contributed by atoms with E-state index in [2.05, 4.69) is 9.46 Å². The minimum absolute atomic E-state index is 0.00298. The van der Waals surface area contributed by atoms with Crippen molar-refractivity contribution in [2.75, 3.05) is 50.4 Å². The first-order valence-electron chi connectivity index (χ1n) is 11.2. The summed E-state index contributed by atoms with van der Waals surface area (Å²) in [4.78, 5) is 16.5. The molecular weight excluding hydrogens is 518 g/mol. The number of hydrogen-bond acceptors (Lipinski definition) is 6. The third-order valence-corrected chi connectivity index (χ3v) is 6.88. The molecule has 2 heterocycles. The Morgan fingerprint density at radius 3 is 2.31 bits per heavy atom. The second-order valence-corrected chi connectivity index (χ2v) is 10.7. The average Bonchev–Trinajstić information content (AvgIpc) is 3.19. The topological polar surface area (TPSA) is 82.2 Å². The van der Waals surface area contributed by atoms with Crippen molar-refractivity contribution in [1.82, 2.24) is 14.5 Å². The number of rotatable bonds is 6. The van der Waals surface area contributed by atoms with Crippen LogP contribution in [0.25, 0.3) is 0 Å². The van der Waals surface area contributed by atoms with Crippen LogP contribution in [0.15, 0.2) is 18.2 Å². The number of carbonyl (C=O) groups is 1. The smallest absolute Gasteiger partial charge is 0.425 e. The van der Waals surface area contributed by atoms with Gasteiger partial charge in [0.1, 0.15) is 0 Å². The molecule has 2 aliphatic heterocycles. The fourth-order valence-corrected chi connectivity index (χ4v) is 5.08. The standard InChI is InChI=1S/C21H28F6N4O4S/c1-14(20(22,23)24)35-19(32)30-10-8-29(9-11-30)13-16-17(21(25,26)27)4-3-5-18(16)31-7-6-15(12-31)28-36(2,33)34/h3-5,14-15,28H,6-13H2,1-2H3/t14?,15-/m1/s1. The molecule has 0 radical (unpaired) electrons. The van der Waals surface area contributed by atoms with E-state index in [0.29, 0.717) is 18.7 Å². The number of hydrogen-bond donors (Lipinski definition) is 1. The predicted molar refractivity (Wildman–Crippen MR) is 119 cm³/mol. The van der Waals surface area contributed by atoms with Gasteiger partial charge in [0, 0.05) is 63.1 Å². The summed E-state index contributed by atoms with van der Waals surface area (Å²) in [6.45, 7) is 1.45. The minimum Gasteiger partial charge on any atom is -0.437 e. The maximum Gasteiger partial charge on any atom is 0.425 e. The lowest BCUT2D eigenvalue weighted by Gasteiger charge is -2.36. The molecule has 0 spiro atoms. The Hall–Kier alpha value is -2.26. The number of alkyl halides is 6. The summed E-state index contributed by atoms with van der Waals surface area (Å²) in [6.07, 6.45) is -11.3. The van der Waals surface area contributed by atoms with Crippen LogP contribution in [0.5, 0.6) is 0 Å². The Morgan fingerprint density at radius 1 is 1.11 bits per heavy atom. The van der Waals surface area contributed by atoms with Gasteiger partial charge in [0.2, 0.25) is 10.0 Å². The summed E-state index contributed by atoms with van der Waals surface area (Å²) >= 11 is 0. The largest absolute Gasteiger partial charge is 0.437 e. The maximum atomic E-state index is 13.9. The lowest BCUT2D eigenvalue weighted by atomic mass is 10.0. The molecule has 1 amide bonds. The number of sulfonamides is 1. The van der Waals surface area contributed by atoms with E-state index in [1.807, 2.05) is 0 Å². The number of nitrogens with one attached hydrogen (secondary N) is 1. The summed E-state index contributed by atoms with van der Waals surface area (Å²) in [5.74, 6) is 0. The Balaban J connectivity index is 1.72. The molecule has 0 aliphatic carbocycles. The van der Waals surface area contributed by atoms with Crippen molar-refractivity contribution in [2.24, 2.45) is 0 Å². The number of nitrogens with zero attached hydrogens (tertiary/aromatic N) is 3. The third-order valence-electron chi connectivity index (χ3n) is 6.12. The van der Waals surface area contributed by atoms with Gasteiger partial charge < -0.3 is 14.5 Å². The number of piperazine rings is 1. The highest BCUT2D eigenvalue weighted by atomic mass is 32.2. The van der Waals surface area contributed by atoms with Crippen LogP contribution in [0.1, 0.15) is 24.5 Å². The molecular formula is C21H28F6N4O4S. The van der Waals surface area contributed by atoms with Crippen LogP contribution in [0.4, 0.5) is 36.8 Å². The summed E-state index contributed by atoms with van der Waals surface area (Å²) in [5.41, 5.74) is -0.462. The molecule has 3 rings (SSSR count). The van der Waals surface area contributed by atoms with Gasteiger partial charge in [-0.15, -0.1) is 0 Å². The van der Waals surface area contributed by atoms with Gasteiger partial charge in [-0.05, 0) is 25.5 Å². The van der Waals surface area contributed by atoms with Crippen molar-refractivity contribution in [2.45, 2.75) is 44.4 Å². The van der Waals surface area contributed by atoms with E-state index < -0.39 is 46.2 Å². The zero-order valence-electron chi connectivity index (χ0n) is 19.7. The van der Waals surface area contributed by atoms with Gasteiger partial charge in [-0.3, -0.25) is 4.90 Å². The van der Waals surface area contributed by atoms with Crippen molar-refractivity contribution in [3.63, 3.8) is 0 Å². The van der Waals surface area contributed by atoms with Crippen LogP contribution in [0.2, 0.25) is 0 Å². The van der Waals surface area contributed by atoms with E-state index in [-0.39, 0.29) is 44.8 Å². The third kappa shape index (κ3) is 7.38. The Bertz CT molecular complexity index is 1040. The minimum atomic E-state index is -4.69. The van der Waals surface area contributed by atoms with E-state index in [1.165, 1.54) is 6.07 Å². The molecule has 36 heavy (non-hydrogen) atoms. The van der Waals surface area contributed by atoms with Gasteiger partial charge in [0.05, 0.1) is 11.8 Å². The molecule has 1 aromatic carbocycles. The highest BCUT2D eigenvalue weighted by Crippen LogP contribution is 2.38. The zero-order valence-corrected chi connectivity index (χ0v) is 20.5. The van der Waals surface area contributed by atoms with Crippen molar-refractivity contribution < 1.29 is 44.3 Å². The Kier molecular flexibility index (Phi) is 8.35. The number of halogens is 6. The molecule has 0 bridgehead atoms. The summed E-state index contributed by atoms with van der Waals surface area (Å²) in [7, 11) is -3.48. The first-order valence-corrected chi connectivity index (χ1v) is 13.1. The highest BCUT2D eigenvalue weighted by Gasteiger charge is 2.41. The van der Waals surface area contributed by atoms with Crippen LogP contribution in [0.3, 0.4) is 0 Å². The Labute approximate surface area is 205 Å². The maximum absolute atomic E-state index is 13.9. The molecule has 1 aromatic rings. The zero-order chi connectivity index (χ0) is 26.9. The van der Waals surface area contributed by atoms with E-state index >= 15 is 0 Å². The fraction of sp³-hybridized carbons (Fsp3) is 0.667. The van der Waals surface area contributed by atoms with Gasteiger partial charge in [-0.25, -0.2) is 17.9 Å². The fourth-order valence-electron chi connectivity index (χ4n) is 4.29. The lowest BCUT2D eigenvalue weighted by molar-refractivity contribution is -0.200. The van der Waals surface area contributed by atoms with Gasteiger partial charge in [0.15, 0.2) is 6.10 Å². The summed E-state index contributed by atoms with van der Waals surface area (Å²) in [6, 6.07) is 3.40. The normalized spacial score (nSPS) is 21.1. The van der Waals surface area contributed by atoms with Gasteiger partial charge in [-0.2, -0.15) is 26.3 Å². The molecule has 0 aromatic heterocycles. The molecule has 2 aliphatic rings. The van der Waals surface area contributed by atoms with Crippen LogP contribution < -0.4 is 9.62 Å². The van der Waals surface area contributed by atoms with Crippen molar-refractivity contribution in [3.8, 4) is 0 Å². The number of carbonyl (C=O) groups excluding carboxylic acids is 1. The second-order valence-electron chi connectivity index (χ2n) is 8.95. The van der Waals surface area contributed by atoms with Crippen LogP contribution in [-0.2, 0) is 27.5 Å². The second kappa shape index (κ2) is 10.6. The van der Waals surface area contributed by atoms with Crippen molar-refractivity contribution >= 4 is 21.8 Å². The van der Waals surface area contributed by atoms with Crippen molar-refractivity contribution in [1.29, 1.82) is 0 Å². The molecule has 204 valence electrons. The molecule has 1 N–H and O–H groups in total. The van der Waals surface area contributed by atoms with E-state index in [0.717, 1.165) is 24.1 Å². The quantitative estimate of drug-likeness (QED) is 0.553. The van der Waals surface area contributed by atoms with E-state index in [1.54, 1.807) is 15.9 Å². The van der Waals surface area contributed by atoms with Crippen molar-refractivity contribution in [3.05, 3.63) is 29.3 Å². The lowest BCUT2D eigenvalue weighted by Crippen LogP contribution is -2.50. The molecule has 15 heteroatoms. The summed E-state index contributed by atoms with van der Waals surface area (Å²) < 4.78 is 110. The van der Waals surface area contributed by atoms with Crippen LogP contribution in [-0.4, -0.2) is 88.2 Å². The molecule has 2 saturated heterocycles. The molecule has 2 atom stereocenters. The molecule has 8 nitrogen and oxygen atoms in total. The average molecular weight is 547 g/mol. The molecule has 2 fully saturated rings. The van der Waals surface area contributed by atoms with Gasteiger partial charge in [-0.1, -0.05) is 6.07 Å². The molecule has 1 unspecified atom stereocenters. The summed E-state index contributed by atoms with van der Waals surface area (Å²) in [5, 5.41) is 0. The van der Waals surface area contributed by atoms with E-state index in [4.69, 9.17) is 0 Å². The van der Waals surface area contributed by atoms with E-state index in [9.17, 15) is 39.6 Å². The predicted octanol–water partition coefficient (Wildman–Crippen LogP) is 3.04. The first kappa shape index (κ1) is 28.3. The number of benzene rings is 1.